The average Bonchev–Trinajstić information content (AvgIpc) is 2.46. The molecule has 0 saturated heterocycles. The summed E-state index contributed by atoms with van der Waals surface area (Å²) in [5, 5.41) is 3.42. The van der Waals surface area contributed by atoms with Crippen LogP contribution in [-0.4, -0.2) is 25.2 Å². The van der Waals surface area contributed by atoms with Crippen LogP contribution >= 0.6 is 0 Å². The number of methoxy groups -OCH3 is 1. The fourth-order valence-electron chi connectivity index (χ4n) is 2.49. The summed E-state index contributed by atoms with van der Waals surface area (Å²) in [5.74, 6) is 0.677. The van der Waals surface area contributed by atoms with Crippen LogP contribution in [0.5, 0.6) is 5.88 Å². The zero-order valence-electron chi connectivity index (χ0n) is 11.3. The van der Waals surface area contributed by atoms with Crippen LogP contribution in [-0.2, 0) is 6.42 Å². The van der Waals surface area contributed by atoms with Crippen molar-refractivity contribution in [3.63, 3.8) is 0 Å². The van der Waals surface area contributed by atoms with Crippen LogP contribution < -0.4 is 10.1 Å². The molecule has 1 atom stereocenters. The van der Waals surface area contributed by atoms with Gasteiger partial charge in [-0.25, -0.2) is 4.98 Å². The van der Waals surface area contributed by atoms with E-state index in [-0.39, 0.29) is 0 Å². The molecule has 0 amide bonds. The number of rotatable bonds is 5. The second kappa shape index (κ2) is 6.55. The molecule has 2 rings (SSSR count). The minimum absolute atomic E-state index is 0.445. The number of aromatic nitrogens is 1. The molecule has 1 aromatic heterocycles. The number of allylic oxidation sites excluding steroid dienone is 1. The third-order valence-electron chi connectivity index (χ3n) is 3.57. The molecule has 1 unspecified atom stereocenters. The number of likely N-dealkylation sites (N-methyl/N-ethyl adjacent to an activating group) is 1. The van der Waals surface area contributed by atoms with Crippen molar-refractivity contribution < 1.29 is 4.74 Å². The van der Waals surface area contributed by atoms with Gasteiger partial charge in [-0.05, 0) is 44.7 Å². The fourth-order valence-corrected chi connectivity index (χ4v) is 2.49. The van der Waals surface area contributed by atoms with Crippen molar-refractivity contribution in [3.8, 4) is 5.88 Å². The van der Waals surface area contributed by atoms with Crippen LogP contribution in [0.3, 0.4) is 0 Å². The third-order valence-corrected chi connectivity index (χ3v) is 3.57. The van der Waals surface area contributed by atoms with E-state index < -0.39 is 0 Å². The van der Waals surface area contributed by atoms with E-state index in [9.17, 15) is 0 Å². The average molecular weight is 246 g/mol. The van der Waals surface area contributed by atoms with Crippen LogP contribution in [0.2, 0.25) is 0 Å². The van der Waals surface area contributed by atoms with Crippen molar-refractivity contribution in [2.75, 3.05) is 14.2 Å². The van der Waals surface area contributed by atoms with Gasteiger partial charge in [-0.3, -0.25) is 0 Å². The summed E-state index contributed by atoms with van der Waals surface area (Å²) in [5.41, 5.74) is 2.81. The molecule has 0 radical (unpaired) electrons. The lowest BCUT2D eigenvalue weighted by Crippen LogP contribution is -2.30. The molecule has 3 heteroatoms. The summed E-state index contributed by atoms with van der Waals surface area (Å²) in [6.07, 6.45) is 10.4. The second-order valence-electron chi connectivity index (χ2n) is 4.78. The Morgan fingerprint density at radius 2 is 2.28 bits per heavy atom. The molecule has 1 aromatic rings. The van der Waals surface area contributed by atoms with Crippen molar-refractivity contribution >= 4 is 0 Å². The molecular formula is C15H22N2O. The van der Waals surface area contributed by atoms with Crippen molar-refractivity contribution in [1.82, 2.24) is 10.3 Å². The number of nitrogens with zero attached hydrogens (tertiary/aromatic N) is 1. The van der Waals surface area contributed by atoms with Gasteiger partial charge in [0, 0.05) is 18.3 Å². The summed E-state index contributed by atoms with van der Waals surface area (Å²) in [6, 6.07) is 4.47. The molecule has 0 bridgehead atoms. The number of hydrogen-bond acceptors (Lipinski definition) is 3. The largest absolute Gasteiger partial charge is 0.481 e. The van der Waals surface area contributed by atoms with Crippen molar-refractivity contribution in [1.29, 1.82) is 0 Å². The topological polar surface area (TPSA) is 34.1 Å². The van der Waals surface area contributed by atoms with E-state index in [1.807, 2.05) is 19.3 Å². The minimum atomic E-state index is 0.445. The maximum Gasteiger partial charge on any atom is 0.212 e. The zero-order valence-corrected chi connectivity index (χ0v) is 11.3. The van der Waals surface area contributed by atoms with Crippen LogP contribution in [0, 0.1) is 0 Å². The Morgan fingerprint density at radius 3 is 2.83 bits per heavy atom. The molecular weight excluding hydrogens is 224 g/mol. The smallest absolute Gasteiger partial charge is 0.212 e. The van der Waals surface area contributed by atoms with Gasteiger partial charge in [-0.2, -0.15) is 0 Å². The summed E-state index contributed by atoms with van der Waals surface area (Å²) in [6.45, 7) is 0. The molecule has 1 aliphatic rings. The molecule has 3 nitrogen and oxygen atoms in total. The van der Waals surface area contributed by atoms with E-state index in [4.69, 9.17) is 4.74 Å². The lowest BCUT2D eigenvalue weighted by Gasteiger charge is -2.23. The molecule has 1 N–H and O–H groups in total. The standard InChI is InChI=1S/C15H22N2O/c1-16-14(13-6-4-3-5-7-13)10-12-8-9-15(18-2)17-11-12/h6,8-9,11,14,16H,3-5,7,10H2,1-2H3. The van der Waals surface area contributed by atoms with Crippen molar-refractivity contribution in [2.24, 2.45) is 0 Å². The molecule has 0 aromatic carbocycles. The van der Waals surface area contributed by atoms with Gasteiger partial charge in [-0.1, -0.05) is 17.7 Å². The minimum Gasteiger partial charge on any atom is -0.481 e. The molecule has 0 spiro atoms. The molecule has 18 heavy (non-hydrogen) atoms. The maximum atomic E-state index is 5.08. The van der Waals surface area contributed by atoms with Crippen LogP contribution in [0.25, 0.3) is 0 Å². The SMILES string of the molecule is CNC(Cc1ccc(OC)nc1)C1=CCCCC1. The van der Waals surface area contributed by atoms with Crippen LogP contribution in [0.15, 0.2) is 30.0 Å². The quantitative estimate of drug-likeness (QED) is 0.811. The first-order valence-corrected chi connectivity index (χ1v) is 6.68. The Labute approximate surface area is 109 Å². The summed E-state index contributed by atoms with van der Waals surface area (Å²) < 4.78 is 5.08. The summed E-state index contributed by atoms with van der Waals surface area (Å²) in [4.78, 5) is 4.26. The number of pyridine rings is 1. The Kier molecular flexibility index (Phi) is 4.76. The highest BCUT2D eigenvalue weighted by molar-refractivity contribution is 5.22. The Morgan fingerprint density at radius 1 is 1.39 bits per heavy atom. The maximum absolute atomic E-state index is 5.08. The van der Waals surface area contributed by atoms with Gasteiger partial charge in [0.05, 0.1) is 7.11 Å². The highest BCUT2D eigenvalue weighted by Crippen LogP contribution is 2.22. The van der Waals surface area contributed by atoms with Gasteiger partial charge in [0.15, 0.2) is 0 Å². The monoisotopic (exact) mass is 246 g/mol. The van der Waals surface area contributed by atoms with E-state index in [1.54, 1.807) is 12.7 Å². The molecule has 1 heterocycles. The predicted molar refractivity (Wildman–Crippen MR) is 73.9 cm³/mol. The Hall–Kier alpha value is -1.35. The first kappa shape index (κ1) is 13.1. The summed E-state index contributed by atoms with van der Waals surface area (Å²) in [7, 11) is 3.68. The normalized spacial score (nSPS) is 17.1. The highest BCUT2D eigenvalue weighted by Gasteiger charge is 2.15. The zero-order chi connectivity index (χ0) is 12.8. The van der Waals surface area contributed by atoms with Gasteiger partial charge in [0.2, 0.25) is 5.88 Å². The first-order valence-electron chi connectivity index (χ1n) is 6.68. The van der Waals surface area contributed by atoms with Crippen LogP contribution in [0.4, 0.5) is 0 Å². The van der Waals surface area contributed by atoms with E-state index in [1.165, 1.54) is 31.2 Å². The van der Waals surface area contributed by atoms with E-state index in [0.29, 0.717) is 11.9 Å². The van der Waals surface area contributed by atoms with Gasteiger partial charge >= 0.3 is 0 Å². The van der Waals surface area contributed by atoms with Gasteiger partial charge < -0.3 is 10.1 Å². The highest BCUT2D eigenvalue weighted by atomic mass is 16.5. The molecule has 0 aliphatic heterocycles. The molecule has 0 saturated carbocycles. The molecule has 98 valence electrons. The number of hydrogen-bond donors (Lipinski definition) is 1. The Balaban J connectivity index is 2.02. The lowest BCUT2D eigenvalue weighted by molar-refractivity contribution is 0.397. The van der Waals surface area contributed by atoms with E-state index in [2.05, 4.69) is 22.4 Å². The number of nitrogens with one attached hydrogen (secondary N) is 1. The molecule has 1 aliphatic carbocycles. The van der Waals surface area contributed by atoms with Crippen molar-refractivity contribution in [2.45, 2.75) is 38.1 Å². The van der Waals surface area contributed by atoms with Crippen molar-refractivity contribution in [3.05, 3.63) is 35.5 Å². The van der Waals surface area contributed by atoms with E-state index >= 15 is 0 Å². The van der Waals surface area contributed by atoms with E-state index in [0.717, 1.165) is 6.42 Å². The number of ether oxygens (including phenoxy) is 1. The third kappa shape index (κ3) is 3.33. The van der Waals surface area contributed by atoms with Crippen LogP contribution in [0.1, 0.15) is 31.2 Å². The van der Waals surface area contributed by atoms with Gasteiger partial charge in [0.25, 0.3) is 0 Å². The first-order chi connectivity index (χ1) is 8.83. The van der Waals surface area contributed by atoms with Gasteiger partial charge in [-0.15, -0.1) is 0 Å². The fraction of sp³-hybridized carbons (Fsp3) is 0.533. The Bertz CT molecular complexity index is 397. The van der Waals surface area contributed by atoms with Gasteiger partial charge in [0.1, 0.15) is 0 Å². The predicted octanol–water partition coefficient (Wildman–Crippen LogP) is 2.72. The lowest BCUT2D eigenvalue weighted by atomic mass is 9.91. The summed E-state index contributed by atoms with van der Waals surface area (Å²) >= 11 is 0. The second-order valence-corrected chi connectivity index (χ2v) is 4.78. The molecule has 0 fully saturated rings.